The molecule has 0 aliphatic carbocycles. The Bertz CT molecular complexity index is 1380. The zero-order valence-electron chi connectivity index (χ0n) is 18.3. The van der Waals surface area contributed by atoms with Crippen molar-refractivity contribution in [3.8, 4) is 16.4 Å². The van der Waals surface area contributed by atoms with E-state index in [2.05, 4.69) is 10.4 Å². The molecule has 4 aromatic rings. The van der Waals surface area contributed by atoms with Gasteiger partial charge in [0.1, 0.15) is 5.56 Å². The Kier molecular flexibility index (Phi) is 7.17. The molecule has 0 aliphatic heterocycles. The fraction of sp³-hybridized carbons (Fsp3) is 0.174. The molecule has 0 aliphatic rings. The standard InChI is InChI=1S/C23H23N5O4S2/c1-2-32-22(29)19-13-26-28(23-27-20(15-33-23)17-6-4-3-5-7-17)21(19)14-25-12-16-8-10-18(11-9-16)34(24,30)31/h3-11,13,15,25H,2,12,14H2,1H3,(H2,24,30,31). The summed E-state index contributed by atoms with van der Waals surface area (Å²) in [6.45, 7) is 2.75. The number of ether oxygens (including phenoxy) is 1. The van der Waals surface area contributed by atoms with E-state index >= 15 is 0 Å². The average molecular weight is 498 g/mol. The molecule has 9 nitrogen and oxygen atoms in total. The molecule has 0 saturated carbocycles. The highest BCUT2D eigenvalue weighted by Gasteiger charge is 2.21. The molecule has 0 atom stereocenters. The number of carbonyl (C=O) groups excluding carboxylic acids is 1. The van der Waals surface area contributed by atoms with E-state index in [1.807, 2.05) is 35.7 Å². The van der Waals surface area contributed by atoms with Crippen molar-refractivity contribution in [2.45, 2.75) is 24.9 Å². The van der Waals surface area contributed by atoms with E-state index in [1.165, 1.54) is 29.7 Å². The van der Waals surface area contributed by atoms with E-state index in [0.29, 0.717) is 29.5 Å². The van der Waals surface area contributed by atoms with Crippen LogP contribution in [0.5, 0.6) is 0 Å². The summed E-state index contributed by atoms with van der Waals surface area (Å²) >= 11 is 1.42. The highest BCUT2D eigenvalue weighted by Crippen LogP contribution is 2.25. The molecule has 3 N–H and O–H groups in total. The van der Waals surface area contributed by atoms with Crippen molar-refractivity contribution in [3.63, 3.8) is 0 Å². The molecule has 0 fully saturated rings. The van der Waals surface area contributed by atoms with Crippen LogP contribution < -0.4 is 10.5 Å². The highest BCUT2D eigenvalue weighted by molar-refractivity contribution is 7.89. The summed E-state index contributed by atoms with van der Waals surface area (Å²) in [5.41, 5.74) is 3.65. The molecule has 0 unspecified atom stereocenters. The second-order valence-electron chi connectivity index (χ2n) is 7.31. The smallest absolute Gasteiger partial charge is 0.341 e. The van der Waals surface area contributed by atoms with Crippen molar-refractivity contribution in [3.05, 3.63) is 83.0 Å². The summed E-state index contributed by atoms with van der Waals surface area (Å²) in [4.78, 5) is 17.3. The number of aromatic nitrogens is 3. The lowest BCUT2D eigenvalue weighted by atomic mass is 10.2. The van der Waals surface area contributed by atoms with Gasteiger partial charge in [0.2, 0.25) is 15.2 Å². The van der Waals surface area contributed by atoms with Crippen LogP contribution in [0.4, 0.5) is 0 Å². The van der Waals surface area contributed by atoms with Gasteiger partial charge in [0.25, 0.3) is 0 Å². The van der Waals surface area contributed by atoms with Gasteiger partial charge in [-0.15, -0.1) is 11.3 Å². The van der Waals surface area contributed by atoms with E-state index in [1.54, 1.807) is 23.7 Å². The van der Waals surface area contributed by atoms with Crippen LogP contribution in [-0.2, 0) is 27.8 Å². The largest absolute Gasteiger partial charge is 0.462 e. The van der Waals surface area contributed by atoms with Crippen LogP contribution in [0.1, 0.15) is 28.5 Å². The zero-order chi connectivity index (χ0) is 24.1. The fourth-order valence-corrected chi connectivity index (χ4v) is 4.64. The number of thiazole rings is 1. The number of nitrogens with two attached hydrogens (primary N) is 1. The summed E-state index contributed by atoms with van der Waals surface area (Å²) in [5, 5.41) is 15.4. The van der Waals surface area contributed by atoms with Crippen LogP contribution in [0.2, 0.25) is 0 Å². The number of primary sulfonamides is 1. The minimum Gasteiger partial charge on any atom is -0.462 e. The van der Waals surface area contributed by atoms with Gasteiger partial charge in [-0.2, -0.15) is 5.10 Å². The molecule has 2 heterocycles. The predicted molar refractivity (Wildman–Crippen MR) is 129 cm³/mol. The first-order valence-corrected chi connectivity index (χ1v) is 12.9. The van der Waals surface area contributed by atoms with Gasteiger partial charge in [-0.05, 0) is 24.6 Å². The molecular formula is C23H23N5O4S2. The van der Waals surface area contributed by atoms with Crippen LogP contribution in [0, 0.1) is 0 Å². The molecular weight excluding hydrogens is 474 g/mol. The third-order valence-corrected chi connectivity index (χ3v) is 6.73. The second-order valence-corrected chi connectivity index (χ2v) is 9.71. The van der Waals surface area contributed by atoms with Crippen LogP contribution in [0.15, 0.2) is 71.1 Å². The fourth-order valence-electron chi connectivity index (χ4n) is 3.31. The Morgan fingerprint density at radius 3 is 2.53 bits per heavy atom. The van der Waals surface area contributed by atoms with Crippen LogP contribution in [-0.4, -0.2) is 35.8 Å². The van der Waals surface area contributed by atoms with E-state index in [9.17, 15) is 13.2 Å². The van der Waals surface area contributed by atoms with Gasteiger partial charge in [-0.3, -0.25) is 0 Å². The first kappa shape index (κ1) is 23.8. The number of nitrogens with one attached hydrogen (secondary N) is 1. The van der Waals surface area contributed by atoms with Crippen molar-refractivity contribution in [2.24, 2.45) is 5.14 Å². The number of esters is 1. The third-order valence-electron chi connectivity index (χ3n) is 4.98. The van der Waals surface area contributed by atoms with Gasteiger partial charge in [0.05, 0.1) is 29.1 Å². The number of carbonyl (C=O) groups is 1. The molecule has 0 bridgehead atoms. The number of nitrogens with zero attached hydrogens (tertiary/aromatic N) is 3. The van der Waals surface area contributed by atoms with Crippen molar-refractivity contribution in [2.75, 3.05) is 6.61 Å². The number of hydrogen-bond acceptors (Lipinski definition) is 8. The molecule has 0 saturated heterocycles. The van der Waals surface area contributed by atoms with E-state index in [4.69, 9.17) is 14.9 Å². The SMILES string of the molecule is CCOC(=O)c1cnn(-c2nc(-c3ccccc3)cs2)c1CNCc1ccc(S(N)(=O)=O)cc1. The minimum atomic E-state index is -3.74. The number of benzene rings is 2. The second kappa shape index (κ2) is 10.3. The Morgan fingerprint density at radius 1 is 1.12 bits per heavy atom. The van der Waals surface area contributed by atoms with Crippen LogP contribution in [0.3, 0.4) is 0 Å². The summed E-state index contributed by atoms with van der Waals surface area (Å²) in [5.74, 6) is -0.456. The lowest BCUT2D eigenvalue weighted by molar-refractivity contribution is 0.0525. The average Bonchev–Trinajstić information content (AvgIpc) is 3.47. The molecule has 34 heavy (non-hydrogen) atoms. The minimum absolute atomic E-state index is 0.0527. The van der Waals surface area contributed by atoms with E-state index in [-0.39, 0.29) is 11.5 Å². The molecule has 0 radical (unpaired) electrons. The lowest BCUT2D eigenvalue weighted by Gasteiger charge is -2.09. The van der Waals surface area contributed by atoms with Gasteiger partial charge >= 0.3 is 5.97 Å². The Balaban J connectivity index is 1.56. The summed E-state index contributed by atoms with van der Waals surface area (Å²) in [6.07, 6.45) is 1.49. The Hall–Kier alpha value is -3.38. The van der Waals surface area contributed by atoms with Gasteiger partial charge in [-0.25, -0.2) is 28.0 Å². The van der Waals surface area contributed by atoms with Gasteiger partial charge < -0.3 is 10.1 Å². The van der Waals surface area contributed by atoms with E-state index < -0.39 is 16.0 Å². The maximum atomic E-state index is 12.5. The first-order valence-electron chi connectivity index (χ1n) is 10.4. The maximum Gasteiger partial charge on any atom is 0.341 e. The Morgan fingerprint density at radius 2 is 1.85 bits per heavy atom. The maximum absolute atomic E-state index is 12.5. The molecule has 176 valence electrons. The Labute approximate surface area is 201 Å². The van der Waals surface area contributed by atoms with Gasteiger partial charge in [-0.1, -0.05) is 42.5 Å². The number of rotatable bonds is 9. The molecule has 4 rings (SSSR count). The van der Waals surface area contributed by atoms with Crippen LogP contribution in [0.25, 0.3) is 16.4 Å². The third kappa shape index (κ3) is 5.39. The summed E-state index contributed by atoms with van der Waals surface area (Å²) < 4.78 is 29.7. The van der Waals surface area contributed by atoms with Crippen LogP contribution >= 0.6 is 11.3 Å². The van der Waals surface area contributed by atoms with Crippen molar-refractivity contribution in [1.29, 1.82) is 0 Å². The molecule has 0 amide bonds. The normalized spacial score (nSPS) is 11.5. The molecule has 2 aromatic carbocycles. The molecule has 2 aromatic heterocycles. The van der Waals surface area contributed by atoms with E-state index in [0.717, 1.165) is 16.8 Å². The zero-order valence-corrected chi connectivity index (χ0v) is 20.0. The monoisotopic (exact) mass is 497 g/mol. The molecule has 11 heteroatoms. The van der Waals surface area contributed by atoms with Crippen molar-refractivity contribution < 1.29 is 17.9 Å². The highest BCUT2D eigenvalue weighted by atomic mass is 32.2. The topological polar surface area (TPSA) is 129 Å². The number of sulfonamides is 1. The van der Waals surface area contributed by atoms with Crippen molar-refractivity contribution >= 4 is 27.3 Å². The quantitative estimate of drug-likeness (QED) is 0.340. The van der Waals surface area contributed by atoms with Gasteiger partial charge in [0, 0.05) is 24.0 Å². The summed E-state index contributed by atoms with van der Waals surface area (Å²) in [6, 6.07) is 16.1. The van der Waals surface area contributed by atoms with Gasteiger partial charge in [0.15, 0.2) is 0 Å². The number of hydrogen-bond donors (Lipinski definition) is 2. The van der Waals surface area contributed by atoms with Crippen molar-refractivity contribution in [1.82, 2.24) is 20.1 Å². The lowest BCUT2D eigenvalue weighted by Crippen LogP contribution is -2.19. The summed E-state index contributed by atoms with van der Waals surface area (Å²) in [7, 11) is -3.74. The predicted octanol–water partition coefficient (Wildman–Crippen LogP) is 3.11. The first-order chi connectivity index (χ1) is 16.4. The molecule has 0 spiro atoms.